The molecule has 0 atom stereocenters. The van der Waals surface area contributed by atoms with Gasteiger partial charge in [-0.1, -0.05) is 65.7 Å². The van der Waals surface area contributed by atoms with E-state index in [9.17, 15) is 4.79 Å². The topological polar surface area (TPSA) is 48.4 Å². The van der Waals surface area contributed by atoms with E-state index >= 15 is 0 Å². The van der Waals surface area contributed by atoms with Crippen LogP contribution in [0.15, 0.2) is 97.1 Å². The largest absolute Gasteiger partial charge is 0.454 e. The van der Waals surface area contributed by atoms with Crippen molar-refractivity contribution in [2.24, 2.45) is 0 Å². The summed E-state index contributed by atoms with van der Waals surface area (Å²) in [6, 6.07) is 30.0. The third-order valence-corrected chi connectivity index (χ3v) is 5.87. The first kappa shape index (κ1) is 22.9. The Bertz CT molecular complexity index is 1520. The van der Waals surface area contributed by atoms with Gasteiger partial charge in [0.15, 0.2) is 5.75 Å². The standard InChI is InChI=1S/C29H19Cl2NO3/c1-18(33)34-23-12-14-24(15-13-23)35-29-27(19-5-3-2-4-6-19)25-17-22(31)11-16-26(25)32-28(29)20-7-9-21(30)10-8-20/h2-17H,1H3. The Morgan fingerprint density at radius 3 is 2.09 bits per heavy atom. The first-order chi connectivity index (χ1) is 17.0. The number of carbonyl (C=O) groups is 1. The molecule has 4 aromatic carbocycles. The summed E-state index contributed by atoms with van der Waals surface area (Å²) in [5.74, 6) is 1.20. The molecule has 0 aliphatic carbocycles. The molecule has 0 unspecified atom stereocenters. The number of benzene rings is 4. The highest BCUT2D eigenvalue weighted by Gasteiger charge is 2.21. The maximum Gasteiger partial charge on any atom is 0.308 e. The van der Waals surface area contributed by atoms with Crippen LogP contribution in [-0.4, -0.2) is 11.0 Å². The van der Waals surface area contributed by atoms with Crippen molar-refractivity contribution < 1.29 is 14.3 Å². The number of hydrogen-bond donors (Lipinski definition) is 0. The van der Waals surface area contributed by atoms with Crippen LogP contribution in [0.2, 0.25) is 10.0 Å². The minimum atomic E-state index is -0.384. The Morgan fingerprint density at radius 2 is 1.40 bits per heavy atom. The molecule has 0 fully saturated rings. The second kappa shape index (κ2) is 9.79. The van der Waals surface area contributed by atoms with Gasteiger partial charge in [-0.25, -0.2) is 4.98 Å². The van der Waals surface area contributed by atoms with Crippen LogP contribution >= 0.6 is 23.2 Å². The molecule has 0 amide bonds. The summed E-state index contributed by atoms with van der Waals surface area (Å²) >= 11 is 12.6. The lowest BCUT2D eigenvalue weighted by atomic mass is 9.96. The molecule has 0 radical (unpaired) electrons. The molecule has 0 bridgehead atoms. The van der Waals surface area contributed by atoms with Crippen LogP contribution in [-0.2, 0) is 4.79 Å². The molecule has 0 saturated carbocycles. The SMILES string of the molecule is CC(=O)Oc1ccc(Oc2c(-c3ccc(Cl)cc3)nc3ccc(Cl)cc3c2-c2ccccc2)cc1. The van der Waals surface area contributed by atoms with Crippen molar-refractivity contribution in [3.63, 3.8) is 0 Å². The summed E-state index contributed by atoms with van der Waals surface area (Å²) in [5, 5.41) is 2.11. The molecule has 35 heavy (non-hydrogen) atoms. The number of aromatic nitrogens is 1. The molecular weight excluding hydrogens is 481 g/mol. The van der Waals surface area contributed by atoms with Crippen molar-refractivity contribution in [2.75, 3.05) is 0 Å². The number of rotatable bonds is 5. The average molecular weight is 500 g/mol. The van der Waals surface area contributed by atoms with Crippen LogP contribution in [0.1, 0.15) is 6.92 Å². The highest BCUT2D eigenvalue weighted by atomic mass is 35.5. The van der Waals surface area contributed by atoms with Crippen molar-refractivity contribution in [3.8, 4) is 39.6 Å². The lowest BCUT2D eigenvalue weighted by molar-refractivity contribution is -0.131. The van der Waals surface area contributed by atoms with Gasteiger partial charge in [0, 0.05) is 33.5 Å². The number of hydrogen-bond acceptors (Lipinski definition) is 4. The molecule has 6 heteroatoms. The van der Waals surface area contributed by atoms with Crippen molar-refractivity contribution >= 4 is 40.1 Å². The fraction of sp³-hybridized carbons (Fsp3) is 0.0345. The third kappa shape index (κ3) is 4.99. The molecule has 172 valence electrons. The lowest BCUT2D eigenvalue weighted by Crippen LogP contribution is -2.01. The predicted molar refractivity (Wildman–Crippen MR) is 140 cm³/mol. The molecule has 0 aliphatic rings. The number of halogens is 2. The second-order valence-corrected chi connectivity index (χ2v) is 8.74. The van der Waals surface area contributed by atoms with E-state index in [0.717, 1.165) is 27.6 Å². The van der Waals surface area contributed by atoms with Crippen LogP contribution in [0.25, 0.3) is 33.3 Å². The van der Waals surface area contributed by atoms with E-state index in [-0.39, 0.29) is 5.97 Å². The summed E-state index contributed by atoms with van der Waals surface area (Å²) in [5.41, 5.74) is 4.14. The molecule has 4 nitrogen and oxygen atoms in total. The molecule has 1 aromatic heterocycles. The Kier molecular flexibility index (Phi) is 6.41. The van der Waals surface area contributed by atoms with Crippen LogP contribution < -0.4 is 9.47 Å². The van der Waals surface area contributed by atoms with E-state index < -0.39 is 0 Å². The van der Waals surface area contributed by atoms with Gasteiger partial charge in [0.05, 0.1) is 5.52 Å². The predicted octanol–water partition coefficient (Wildman–Crippen LogP) is 8.59. The average Bonchev–Trinajstić information content (AvgIpc) is 2.85. The normalized spacial score (nSPS) is 10.8. The van der Waals surface area contributed by atoms with Crippen molar-refractivity contribution in [1.82, 2.24) is 4.98 Å². The minimum absolute atomic E-state index is 0.384. The number of carbonyl (C=O) groups excluding carboxylic acids is 1. The first-order valence-corrected chi connectivity index (χ1v) is 11.6. The molecule has 0 spiro atoms. The monoisotopic (exact) mass is 499 g/mol. The molecule has 0 saturated heterocycles. The van der Waals surface area contributed by atoms with E-state index in [1.807, 2.05) is 72.8 Å². The van der Waals surface area contributed by atoms with E-state index in [1.54, 1.807) is 24.3 Å². The summed E-state index contributed by atoms with van der Waals surface area (Å²) in [6.07, 6.45) is 0. The Balaban J connectivity index is 1.76. The second-order valence-electron chi connectivity index (χ2n) is 7.87. The maximum atomic E-state index is 11.3. The van der Waals surface area contributed by atoms with Gasteiger partial charge in [0.25, 0.3) is 0 Å². The van der Waals surface area contributed by atoms with E-state index in [1.165, 1.54) is 6.92 Å². The smallest absolute Gasteiger partial charge is 0.308 e. The summed E-state index contributed by atoms with van der Waals surface area (Å²) in [4.78, 5) is 16.2. The molecular formula is C29H19Cl2NO3. The van der Waals surface area contributed by atoms with E-state index in [0.29, 0.717) is 33.0 Å². The molecule has 5 aromatic rings. The van der Waals surface area contributed by atoms with Crippen molar-refractivity contribution in [3.05, 3.63) is 107 Å². The lowest BCUT2D eigenvalue weighted by Gasteiger charge is -2.19. The Morgan fingerprint density at radius 1 is 0.743 bits per heavy atom. The van der Waals surface area contributed by atoms with Crippen molar-refractivity contribution in [1.29, 1.82) is 0 Å². The number of fused-ring (bicyclic) bond motifs is 1. The van der Waals surface area contributed by atoms with Gasteiger partial charge >= 0.3 is 5.97 Å². The summed E-state index contributed by atoms with van der Waals surface area (Å²) in [7, 11) is 0. The number of pyridine rings is 1. The minimum Gasteiger partial charge on any atom is -0.454 e. The zero-order chi connectivity index (χ0) is 24.4. The molecule has 5 rings (SSSR count). The van der Waals surface area contributed by atoms with Gasteiger partial charge in [0.1, 0.15) is 17.2 Å². The van der Waals surface area contributed by atoms with E-state index in [4.69, 9.17) is 37.7 Å². The first-order valence-electron chi connectivity index (χ1n) is 10.9. The fourth-order valence-electron chi connectivity index (χ4n) is 3.87. The highest BCUT2D eigenvalue weighted by Crippen LogP contribution is 2.45. The summed E-state index contributed by atoms with van der Waals surface area (Å²) in [6.45, 7) is 1.36. The summed E-state index contributed by atoms with van der Waals surface area (Å²) < 4.78 is 11.7. The van der Waals surface area contributed by atoms with Crippen LogP contribution in [0.4, 0.5) is 0 Å². The number of ether oxygens (including phenoxy) is 2. The van der Waals surface area contributed by atoms with Gasteiger partial charge in [-0.3, -0.25) is 4.79 Å². The zero-order valence-corrected chi connectivity index (χ0v) is 20.2. The highest BCUT2D eigenvalue weighted by molar-refractivity contribution is 6.31. The number of nitrogens with zero attached hydrogens (tertiary/aromatic N) is 1. The third-order valence-electron chi connectivity index (χ3n) is 5.39. The number of esters is 1. The van der Waals surface area contributed by atoms with E-state index in [2.05, 4.69) is 0 Å². The van der Waals surface area contributed by atoms with Crippen LogP contribution in [0, 0.1) is 0 Å². The van der Waals surface area contributed by atoms with Gasteiger partial charge in [-0.15, -0.1) is 0 Å². The molecule has 1 heterocycles. The quantitative estimate of drug-likeness (QED) is 0.179. The molecule has 0 N–H and O–H groups in total. The zero-order valence-electron chi connectivity index (χ0n) is 18.7. The maximum absolute atomic E-state index is 11.3. The van der Waals surface area contributed by atoms with Crippen LogP contribution in [0.3, 0.4) is 0 Å². The Labute approximate surface area is 212 Å². The Hall–Kier alpha value is -3.86. The van der Waals surface area contributed by atoms with Crippen molar-refractivity contribution in [2.45, 2.75) is 6.92 Å². The van der Waals surface area contributed by atoms with Gasteiger partial charge in [-0.2, -0.15) is 0 Å². The van der Waals surface area contributed by atoms with Gasteiger partial charge in [-0.05, 0) is 60.2 Å². The fourth-order valence-corrected chi connectivity index (χ4v) is 4.17. The molecule has 0 aliphatic heterocycles. The van der Waals surface area contributed by atoms with Crippen LogP contribution in [0.5, 0.6) is 17.2 Å². The van der Waals surface area contributed by atoms with Gasteiger partial charge in [0.2, 0.25) is 0 Å². The van der Waals surface area contributed by atoms with Gasteiger partial charge < -0.3 is 9.47 Å².